The minimum atomic E-state index is 0.439. The maximum Gasteiger partial charge on any atom is 0.0383 e. The fourth-order valence-corrected chi connectivity index (χ4v) is 2.70. The largest absolute Gasteiger partial charge is 0.399 e. The van der Waals surface area contributed by atoms with Gasteiger partial charge in [0, 0.05) is 23.0 Å². The van der Waals surface area contributed by atoms with E-state index in [-0.39, 0.29) is 0 Å². The van der Waals surface area contributed by atoms with Gasteiger partial charge in [-0.2, -0.15) is 0 Å². The van der Waals surface area contributed by atoms with Crippen LogP contribution in [0.15, 0.2) is 72.0 Å². The van der Waals surface area contributed by atoms with Crippen LogP contribution in [0.25, 0.3) is 0 Å². The summed E-state index contributed by atoms with van der Waals surface area (Å²) in [5.74, 6) is 0.439. The molecule has 0 saturated heterocycles. The van der Waals surface area contributed by atoms with Crippen molar-refractivity contribution in [3.05, 3.63) is 72.0 Å². The lowest BCUT2D eigenvalue weighted by Crippen LogP contribution is -2.15. The zero-order valence-electron chi connectivity index (χ0n) is 13.5. The smallest absolute Gasteiger partial charge is 0.0383 e. The molecule has 1 atom stereocenters. The lowest BCUT2D eigenvalue weighted by atomic mass is 9.86. The monoisotopic (exact) mass is 294 g/mol. The highest BCUT2D eigenvalue weighted by atomic mass is 14.9. The van der Waals surface area contributed by atoms with Crippen LogP contribution in [-0.4, -0.2) is 0 Å². The van der Waals surface area contributed by atoms with E-state index in [1.807, 2.05) is 38.1 Å². The molecule has 1 aromatic rings. The van der Waals surface area contributed by atoms with Crippen molar-refractivity contribution < 1.29 is 0 Å². The first-order chi connectivity index (χ1) is 10.8. The molecule has 0 spiro atoms. The van der Waals surface area contributed by atoms with Crippen molar-refractivity contribution in [2.75, 3.05) is 11.1 Å². The number of allylic oxidation sites excluding steroid dienone is 7. The standard InChI is InChI=1S/C18H20N2.C2H6/c19-15-10-12-16(13-11-15)20-18-9-5-4-8-17(18)14-6-2-1-3-7-14;1-2/h2,4-7,9-13,17,20H,1,3,8,19H2;1-2H3. The second-order valence-electron chi connectivity index (χ2n) is 5.27. The number of benzene rings is 1. The van der Waals surface area contributed by atoms with E-state index >= 15 is 0 Å². The molecule has 2 nitrogen and oxygen atoms in total. The van der Waals surface area contributed by atoms with Crippen molar-refractivity contribution in [1.82, 2.24) is 0 Å². The molecular weight excluding hydrogens is 268 g/mol. The van der Waals surface area contributed by atoms with Gasteiger partial charge >= 0.3 is 0 Å². The van der Waals surface area contributed by atoms with Crippen LogP contribution in [0, 0.1) is 5.92 Å². The number of nitrogen functional groups attached to an aromatic ring is 1. The number of hydrogen-bond acceptors (Lipinski definition) is 2. The highest BCUT2D eigenvalue weighted by Gasteiger charge is 2.19. The van der Waals surface area contributed by atoms with Crippen molar-refractivity contribution >= 4 is 11.4 Å². The molecule has 0 heterocycles. The Bertz CT molecular complexity index is 589. The molecule has 2 aliphatic carbocycles. The van der Waals surface area contributed by atoms with Crippen LogP contribution in [0.2, 0.25) is 0 Å². The van der Waals surface area contributed by atoms with Gasteiger partial charge in [0.15, 0.2) is 0 Å². The second-order valence-corrected chi connectivity index (χ2v) is 5.27. The normalized spacial score (nSPS) is 19.6. The van der Waals surface area contributed by atoms with Crippen LogP contribution in [-0.2, 0) is 0 Å². The average Bonchev–Trinajstić information content (AvgIpc) is 2.60. The summed E-state index contributed by atoms with van der Waals surface area (Å²) >= 11 is 0. The summed E-state index contributed by atoms with van der Waals surface area (Å²) in [6.45, 7) is 4.00. The predicted octanol–water partition coefficient (Wildman–Crippen LogP) is 5.44. The minimum absolute atomic E-state index is 0.439. The topological polar surface area (TPSA) is 38.0 Å². The second kappa shape index (κ2) is 8.28. The number of anilines is 2. The fourth-order valence-electron chi connectivity index (χ4n) is 2.70. The van der Waals surface area contributed by atoms with E-state index in [9.17, 15) is 0 Å². The van der Waals surface area contributed by atoms with Gasteiger partial charge in [-0.3, -0.25) is 0 Å². The molecule has 0 aliphatic heterocycles. The highest BCUT2D eigenvalue weighted by Crippen LogP contribution is 2.31. The van der Waals surface area contributed by atoms with Crippen LogP contribution in [0.3, 0.4) is 0 Å². The maximum atomic E-state index is 5.73. The van der Waals surface area contributed by atoms with Crippen LogP contribution in [0.5, 0.6) is 0 Å². The maximum absolute atomic E-state index is 5.73. The van der Waals surface area contributed by atoms with E-state index in [4.69, 9.17) is 5.73 Å². The lowest BCUT2D eigenvalue weighted by Gasteiger charge is -2.25. The van der Waals surface area contributed by atoms with E-state index in [0.29, 0.717) is 5.92 Å². The van der Waals surface area contributed by atoms with Crippen molar-refractivity contribution in [2.45, 2.75) is 33.1 Å². The Morgan fingerprint density at radius 3 is 2.50 bits per heavy atom. The van der Waals surface area contributed by atoms with Crippen LogP contribution < -0.4 is 11.1 Å². The zero-order chi connectivity index (χ0) is 15.8. The molecule has 116 valence electrons. The third-order valence-electron chi connectivity index (χ3n) is 3.78. The van der Waals surface area contributed by atoms with Gasteiger partial charge < -0.3 is 11.1 Å². The van der Waals surface area contributed by atoms with Gasteiger partial charge in [0.1, 0.15) is 0 Å². The Hall–Kier alpha value is -2.22. The third kappa shape index (κ3) is 4.14. The number of hydrogen-bond donors (Lipinski definition) is 2. The fraction of sp³-hybridized carbons (Fsp3) is 0.300. The van der Waals surface area contributed by atoms with E-state index in [0.717, 1.165) is 30.6 Å². The molecule has 0 fully saturated rings. The van der Waals surface area contributed by atoms with Crippen molar-refractivity contribution in [2.24, 2.45) is 5.92 Å². The highest BCUT2D eigenvalue weighted by molar-refractivity contribution is 5.56. The average molecular weight is 294 g/mol. The molecule has 0 radical (unpaired) electrons. The minimum Gasteiger partial charge on any atom is -0.399 e. The molecule has 2 heteroatoms. The summed E-state index contributed by atoms with van der Waals surface area (Å²) in [6, 6.07) is 7.90. The molecule has 0 aromatic heterocycles. The van der Waals surface area contributed by atoms with Gasteiger partial charge in [-0.15, -0.1) is 0 Å². The van der Waals surface area contributed by atoms with Crippen LogP contribution >= 0.6 is 0 Å². The summed E-state index contributed by atoms with van der Waals surface area (Å²) < 4.78 is 0. The molecule has 22 heavy (non-hydrogen) atoms. The summed E-state index contributed by atoms with van der Waals surface area (Å²) in [4.78, 5) is 0. The van der Waals surface area contributed by atoms with E-state index in [2.05, 4.69) is 41.8 Å². The zero-order valence-corrected chi connectivity index (χ0v) is 13.5. The molecule has 2 aliphatic rings. The lowest BCUT2D eigenvalue weighted by molar-refractivity contribution is 0.726. The predicted molar refractivity (Wildman–Crippen MR) is 97.6 cm³/mol. The molecule has 1 aromatic carbocycles. The molecule has 0 amide bonds. The molecule has 3 rings (SSSR count). The third-order valence-corrected chi connectivity index (χ3v) is 3.78. The Kier molecular flexibility index (Phi) is 6.08. The van der Waals surface area contributed by atoms with Crippen LogP contribution in [0.1, 0.15) is 33.1 Å². The van der Waals surface area contributed by atoms with Crippen molar-refractivity contribution in [3.8, 4) is 0 Å². The molecule has 0 bridgehead atoms. The number of nitrogens with one attached hydrogen (secondary N) is 1. The summed E-state index contributed by atoms with van der Waals surface area (Å²) in [7, 11) is 0. The molecule has 3 N–H and O–H groups in total. The number of rotatable bonds is 3. The van der Waals surface area contributed by atoms with E-state index < -0.39 is 0 Å². The Morgan fingerprint density at radius 2 is 1.82 bits per heavy atom. The first-order valence-corrected chi connectivity index (χ1v) is 8.19. The molecule has 1 unspecified atom stereocenters. The quantitative estimate of drug-likeness (QED) is 0.728. The van der Waals surface area contributed by atoms with Gasteiger partial charge in [-0.25, -0.2) is 0 Å². The van der Waals surface area contributed by atoms with Gasteiger partial charge in [0.25, 0.3) is 0 Å². The summed E-state index contributed by atoms with van der Waals surface area (Å²) in [5.41, 5.74) is 10.3. The Balaban J connectivity index is 0.000000847. The van der Waals surface area contributed by atoms with Crippen molar-refractivity contribution in [3.63, 3.8) is 0 Å². The summed E-state index contributed by atoms with van der Waals surface area (Å²) in [5, 5.41) is 3.54. The summed E-state index contributed by atoms with van der Waals surface area (Å²) in [6.07, 6.45) is 16.8. The molecule has 0 saturated carbocycles. The van der Waals surface area contributed by atoms with E-state index in [1.54, 1.807) is 0 Å². The van der Waals surface area contributed by atoms with Gasteiger partial charge in [0.05, 0.1) is 0 Å². The van der Waals surface area contributed by atoms with Gasteiger partial charge in [0.2, 0.25) is 0 Å². The van der Waals surface area contributed by atoms with Crippen molar-refractivity contribution in [1.29, 1.82) is 0 Å². The van der Waals surface area contributed by atoms with Gasteiger partial charge in [-0.05, 0) is 55.2 Å². The molecular formula is C20H26N2. The van der Waals surface area contributed by atoms with Crippen LogP contribution in [0.4, 0.5) is 11.4 Å². The van der Waals surface area contributed by atoms with E-state index in [1.165, 1.54) is 11.3 Å². The Labute approximate surface area is 134 Å². The Morgan fingerprint density at radius 1 is 1.05 bits per heavy atom. The SMILES string of the molecule is CC.Nc1ccc(NC2=CC=CCC2C2=CCCC=C2)cc1. The number of nitrogens with two attached hydrogens (primary N) is 1. The first-order valence-electron chi connectivity index (χ1n) is 8.19. The first kappa shape index (κ1) is 16.2. The van der Waals surface area contributed by atoms with Gasteiger partial charge in [-0.1, -0.05) is 44.2 Å².